The SMILES string of the molecule is [B][B]B(B([B])[B])C1(B([B])[B])B(C)C1c1n(-c2c(C(C)C)cc(-c3ccccc3)cc2C(C)C)cc[n+]1C. The van der Waals surface area contributed by atoms with Crippen molar-refractivity contribution in [1.29, 1.82) is 0 Å². The van der Waals surface area contributed by atoms with Crippen molar-refractivity contribution in [2.24, 2.45) is 7.05 Å². The van der Waals surface area contributed by atoms with E-state index >= 15 is 0 Å². The standard InChI is InChI=1S/C25H30B10N2/c1-16(2)20-14-19(18-10-8-7-9-11-18)15-21(17(3)4)22(20)37-13-12-36(6)24(37)23-25(32(23)5,33(27)28)34(31-26)35(29)30/h7-17,23H,1-6H3/q+1. The summed E-state index contributed by atoms with van der Waals surface area (Å²) in [6.07, 6.45) is 3.62. The van der Waals surface area contributed by atoms with Gasteiger partial charge in [0.05, 0.1) is 7.05 Å². The van der Waals surface area contributed by atoms with Gasteiger partial charge in [-0.3, -0.25) is 0 Å². The average Bonchev–Trinajstić information content (AvgIpc) is 3.27. The van der Waals surface area contributed by atoms with Gasteiger partial charge in [-0.15, -0.1) is 5.11 Å². The lowest BCUT2D eigenvalue weighted by molar-refractivity contribution is -0.678. The summed E-state index contributed by atoms with van der Waals surface area (Å²) in [6.45, 7) is 10.4. The highest BCUT2D eigenvalue weighted by Crippen LogP contribution is 2.65. The van der Waals surface area contributed by atoms with Crippen LogP contribution in [0.5, 0.6) is 0 Å². The number of nitrogens with zero attached hydrogens (tertiary/aromatic N) is 2. The summed E-state index contributed by atoms with van der Waals surface area (Å²) < 4.78 is 4.53. The summed E-state index contributed by atoms with van der Waals surface area (Å²) in [4.78, 5) is 0. The lowest BCUT2D eigenvalue weighted by Gasteiger charge is -2.33. The normalized spacial score (nSPS) is 18.8. The molecule has 1 aliphatic heterocycles. The molecule has 11 radical (unpaired) electrons. The van der Waals surface area contributed by atoms with E-state index in [0.717, 1.165) is 5.82 Å². The van der Waals surface area contributed by atoms with Gasteiger partial charge in [0.1, 0.15) is 24.8 Å². The van der Waals surface area contributed by atoms with Crippen LogP contribution in [0.15, 0.2) is 54.9 Å². The molecule has 0 amide bonds. The Morgan fingerprint density at radius 2 is 1.54 bits per heavy atom. The first-order valence-corrected chi connectivity index (χ1v) is 13.4. The topological polar surface area (TPSA) is 8.81 Å². The highest BCUT2D eigenvalue weighted by molar-refractivity contribution is 7.76. The summed E-state index contributed by atoms with van der Waals surface area (Å²) in [6, 6.07) is 15.3. The van der Waals surface area contributed by atoms with Crippen molar-refractivity contribution >= 4 is 71.8 Å². The number of rotatable bonds is 9. The lowest BCUT2D eigenvalue weighted by Crippen LogP contribution is -2.55. The van der Waals surface area contributed by atoms with Crippen LogP contribution in [-0.2, 0) is 7.05 Å². The number of hydrogen-bond donors (Lipinski definition) is 0. The summed E-state index contributed by atoms with van der Waals surface area (Å²) in [7, 11) is 35.2. The Bertz CT molecular complexity index is 1210. The minimum absolute atomic E-state index is 0.0423. The fraction of sp³-hybridized carbons (Fsp3) is 0.400. The Morgan fingerprint density at radius 1 is 0.973 bits per heavy atom. The van der Waals surface area contributed by atoms with Crippen molar-refractivity contribution < 1.29 is 4.57 Å². The van der Waals surface area contributed by atoms with E-state index in [1.807, 2.05) is 0 Å². The van der Waals surface area contributed by atoms with Crippen LogP contribution in [0.4, 0.5) is 0 Å². The van der Waals surface area contributed by atoms with Crippen molar-refractivity contribution in [3.05, 3.63) is 71.8 Å². The molecule has 1 aromatic heterocycles. The molecule has 2 heterocycles. The maximum Gasteiger partial charge on any atom is 0.255 e. The zero-order chi connectivity index (χ0) is 27.2. The molecule has 0 spiro atoms. The van der Waals surface area contributed by atoms with Crippen molar-refractivity contribution in [2.45, 2.75) is 57.3 Å². The van der Waals surface area contributed by atoms with Gasteiger partial charge >= 0.3 is 0 Å². The minimum Gasteiger partial charge on any atom is -0.237 e. The molecule has 4 rings (SSSR count). The third kappa shape index (κ3) is 4.70. The molecule has 1 aliphatic rings. The van der Waals surface area contributed by atoms with E-state index in [2.05, 4.69) is 106 Å². The van der Waals surface area contributed by atoms with Crippen molar-refractivity contribution in [3.63, 3.8) is 0 Å². The van der Waals surface area contributed by atoms with Crippen LogP contribution in [0.3, 0.4) is 0 Å². The fourth-order valence-electron chi connectivity index (χ4n) is 6.62. The molecule has 1 fully saturated rings. The third-order valence-electron chi connectivity index (χ3n) is 8.58. The molecule has 1 saturated heterocycles. The van der Waals surface area contributed by atoms with E-state index in [1.54, 1.807) is 7.06 Å². The Kier molecular flexibility index (Phi) is 8.28. The van der Waals surface area contributed by atoms with E-state index in [-0.39, 0.29) is 19.0 Å². The molecule has 169 valence electrons. The minimum atomic E-state index is -0.650. The number of hydrogen-bond acceptors (Lipinski definition) is 0. The summed E-state index contributed by atoms with van der Waals surface area (Å²) in [5.41, 5.74) is 6.29. The van der Waals surface area contributed by atoms with Gasteiger partial charge in [-0.05, 0) is 35.1 Å². The van der Waals surface area contributed by atoms with Crippen LogP contribution < -0.4 is 4.57 Å². The largest absolute Gasteiger partial charge is 0.255 e. The maximum absolute atomic E-state index is 6.49. The number of aromatic nitrogens is 2. The molecule has 0 N–H and O–H groups in total. The Morgan fingerprint density at radius 3 is 2.00 bits per heavy atom. The third-order valence-corrected chi connectivity index (χ3v) is 8.58. The van der Waals surface area contributed by atoms with Crippen molar-refractivity contribution in [2.75, 3.05) is 0 Å². The van der Waals surface area contributed by atoms with Gasteiger partial charge in [-0.25, -0.2) is 4.57 Å². The van der Waals surface area contributed by atoms with Crippen molar-refractivity contribution in [3.8, 4) is 16.8 Å². The summed E-state index contributed by atoms with van der Waals surface area (Å²) >= 11 is 0. The van der Waals surface area contributed by atoms with Crippen LogP contribution in [0.2, 0.25) is 11.9 Å². The zero-order valence-electron chi connectivity index (χ0n) is 23.1. The first kappa shape index (κ1) is 28.3. The second-order valence-corrected chi connectivity index (χ2v) is 11.4. The average molecular weight is 467 g/mol. The fourth-order valence-corrected chi connectivity index (χ4v) is 6.62. The number of aryl methyl sites for hydroxylation is 1. The molecule has 2 aromatic carbocycles. The predicted octanol–water partition coefficient (Wildman–Crippen LogP) is 2.30. The van der Waals surface area contributed by atoms with Gasteiger partial charge in [-0.1, -0.05) is 64.8 Å². The monoisotopic (exact) mass is 468 g/mol. The van der Waals surface area contributed by atoms with Gasteiger partial charge in [0.15, 0.2) is 0 Å². The maximum atomic E-state index is 6.49. The van der Waals surface area contributed by atoms with E-state index in [4.69, 9.17) is 38.7 Å². The molecule has 37 heavy (non-hydrogen) atoms. The second-order valence-electron chi connectivity index (χ2n) is 11.4. The Hall–Kier alpha value is -1.70. The van der Waals surface area contributed by atoms with Gasteiger partial charge < -0.3 is 0 Å². The quantitative estimate of drug-likeness (QED) is 0.338. The van der Waals surface area contributed by atoms with Gasteiger partial charge in [0.2, 0.25) is 0 Å². The van der Waals surface area contributed by atoms with Crippen LogP contribution in [-0.4, -0.2) is 76.4 Å². The highest BCUT2D eigenvalue weighted by atomic mass is 15.2. The molecular weight excluding hydrogens is 436 g/mol. The number of benzene rings is 2. The van der Waals surface area contributed by atoms with Gasteiger partial charge in [-0.2, -0.15) is 4.57 Å². The Labute approximate surface area is 233 Å². The summed E-state index contributed by atoms with van der Waals surface area (Å²) in [5, 5.41) is -0.531. The first-order chi connectivity index (χ1) is 17.5. The first-order valence-electron chi connectivity index (χ1n) is 13.4. The smallest absolute Gasteiger partial charge is 0.237 e. The second kappa shape index (κ2) is 10.8. The van der Waals surface area contributed by atoms with Crippen LogP contribution in [0.1, 0.15) is 62.3 Å². The van der Waals surface area contributed by atoms with E-state index in [9.17, 15) is 0 Å². The zero-order valence-corrected chi connectivity index (χ0v) is 23.1. The van der Waals surface area contributed by atoms with Crippen LogP contribution >= 0.6 is 0 Å². The van der Waals surface area contributed by atoms with Crippen LogP contribution in [0, 0.1) is 0 Å². The molecule has 0 aliphatic carbocycles. The lowest BCUT2D eigenvalue weighted by atomic mass is 8.73. The molecule has 0 bridgehead atoms. The number of imidazole rings is 1. The highest BCUT2D eigenvalue weighted by Gasteiger charge is 2.71. The van der Waals surface area contributed by atoms with Gasteiger partial charge in [0.25, 0.3) is 5.82 Å². The molecule has 2 unspecified atom stereocenters. The molecule has 12 heteroatoms. The summed E-state index contributed by atoms with van der Waals surface area (Å²) in [5.74, 6) is 1.81. The molecule has 3 aromatic rings. The van der Waals surface area contributed by atoms with Gasteiger partial charge in [0, 0.05) is 82.1 Å². The molecule has 0 saturated carbocycles. The van der Waals surface area contributed by atoms with E-state index < -0.39 is 18.0 Å². The van der Waals surface area contributed by atoms with Crippen LogP contribution in [0.25, 0.3) is 16.8 Å². The Balaban J connectivity index is 1.96. The molecule has 2 nitrogen and oxygen atoms in total. The van der Waals surface area contributed by atoms with E-state index in [1.165, 1.54) is 27.9 Å². The molecular formula is C25H30B10N2+. The predicted molar refractivity (Wildman–Crippen MR) is 169 cm³/mol. The molecule has 2 atom stereocenters. The van der Waals surface area contributed by atoms with Crippen molar-refractivity contribution in [1.82, 2.24) is 4.57 Å². The van der Waals surface area contributed by atoms with E-state index in [0.29, 0.717) is 11.8 Å².